The average molecular weight is 272 g/mol. The van der Waals surface area contributed by atoms with Gasteiger partial charge >= 0.3 is 6.03 Å². The lowest BCUT2D eigenvalue weighted by Gasteiger charge is -2.27. The summed E-state index contributed by atoms with van der Waals surface area (Å²) in [5.41, 5.74) is -0.0736. The van der Waals surface area contributed by atoms with Crippen LogP contribution >= 0.6 is 0 Å². The molecule has 0 radical (unpaired) electrons. The van der Waals surface area contributed by atoms with Crippen LogP contribution in [0.1, 0.15) is 31.7 Å². The van der Waals surface area contributed by atoms with E-state index in [1.165, 1.54) is 4.90 Å². The van der Waals surface area contributed by atoms with Crippen molar-refractivity contribution >= 4 is 11.9 Å². The van der Waals surface area contributed by atoms with Gasteiger partial charge in [-0.3, -0.25) is 9.69 Å². The smallest absolute Gasteiger partial charge is 0.319 e. The van der Waals surface area contributed by atoms with Crippen molar-refractivity contribution in [2.45, 2.75) is 31.7 Å². The first-order valence-corrected chi connectivity index (χ1v) is 6.96. The average Bonchev–Trinajstić information content (AvgIpc) is 2.72. The molecule has 0 saturated carbocycles. The van der Waals surface area contributed by atoms with Gasteiger partial charge in [-0.25, -0.2) is 4.79 Å². The second-order valence-electron chi connectivity index (χ2n) is 5.01. The summed E-state index contributed by atoms with van der Waals surface area (Å²) >= 11 is 0. The zero-order valence-corrected chi connectivity index (χ0v) is 11.8. The molecular formula is C16H20N2O2. The molecule has 1 saturated heterocycles. The molecule has 0 aromatic heterocycles. The quantitative estimate of drug-likeness (QED) is 0.639. The Bertz CT molecular complexity index is 512. The van der Waals surface area contributed by atoms with Gasteiger partial charge in [-0.2, -0.15) is 0 Å². The number of nitrogens with zero attached hydrogens (tertiary/aromatic N) is 1. The highest BCUT2D eigenvalue weighted by atomic mass is 16.2. The van der Waals surface area contributed by atoms with Crippen LogP contribution in [0.5, 0.6) is 0 Å². The standard InChI is InChI=1S/C16H20N2O2/c1-3-5-11-16(13-9-7-6-8-10-13)14(19)18(12-4-2)15(20)17-16/h4,6-10H,2-3,5,11-12H2,1H3,(H,17,20). The molecule has 1 aliphatic heterocycles. The maximum absolute atomic E-state index is 12.7. The van der Waals surface area contributed by atoms with Crippen LogP contribution in [0.4, 0.5) is 4.79 Å². The third-order valence-electron chi connectivity index (χ3n) is 3.66. The highest BCUT2D eigenvalue weighted by Crippen LogP contribution is 2.33. The minimum absolute atomic E-state index is 0.179. The van der Waals surface area contributed by atoms with Crippen molar-refractivity contribution in [2.24, 2.45) is 0 Å². The number of unbranched alkanes of at least 4 members (excludes halogenated alkanes) is 1. The molecule has 2 rings (SSSR count). The largest absolute Gasteiger partial charge is 0.325 e. The SMILES string of the molecule is C=CCN1C(=O)NC(CCCC)(c2ccccc2)C1=O. The Kier molecular flexibility index (Phi) is 4.23. The topological polar surface area (TPSA) is 49.4 Å². The summed E-state index contributed by atoms with van der Waals surface area (Å²) in [4.78, 5) is 26.0. The number of hydrogen-bond donors (Lipinski definition) is 1. The maximum atomic E-state index is 12.7. The van der Waals surface area contributed by atoms with Crippen LogP contribution in [0.15, 0.2) is 43.0 Å². The Hall–Kier alpha value is -2.10. The third-order valence-corrected chi connectivity index (χ3v) is 3.66. The van der Waals surface area contributed by atoms with E-state index in [-0.39, 0.29) is 18.5 Å². The highest BCUT2D eigenvalue weighted by Gasteiger charge is 2.51. The Morgan fingerprint density at radius 3 is 2.60 bits per heavy atom. The first kappa shape index (κ1) is 14.3. The summed E-state index contributed by atoms with van der Waals surface area (Å²) in [7, 11) is 0. The molecule has 0 bridgehead atoms. The fourth-order valence-corrected chi connectivity index (χ4v) is 2.60. The van der Waals surface area contributed by atoms with E-state index in [0.29, 0.717) is 6.42 Å². The molecule has 20 heavy (non-hydrogen) atoms. The van der Waals surface area contributed by atoms with Gasteiger partial charge in [-0.15, -0.1) is 6.58 Å². The van der Waals surface area contributed by atoms with Crippen LogP contribution in [0.2, 0.25) is 0 Å². The van der Waals surface area contributed by atoms with E-state index in [4.69, 9.17) is 0 Å². The van der Waals surface area contributed by atoms with Gasteiger partial charge in [0.1, 0.15) is 5.54 Å². The van der Waals surface area contributed by atoms with Gasteiger partial charge in [0.25, 0.3) is 5.91 Å². The van der Waals surface area contributed by atoms with Crippen molar-refractivity contribution in [3.63, 3.8) is 0 Å². The highest BCUT2D eigenvalue weighted by molar-refractivity contribution is 6.07. The summed E-state index contributed by atoms with van der Waals surface area (Å²) in [5.74, 6) is -0.179. The van der Waals surface area contributed by atoms with Crippen LogP contribution in [0.25, 0.3) is 0 Å². The number of amides is 3. The number of carbonyl (C=O) groups is 2. The van der Waals surface area contributed by atoms with Crippen LogP contribution in [0.3, 0.4) is 0 Å². The molecule has 1 fully saturated rings. The third kappa shape index (κ3) is 2.33. The van der Waals surface area contributed by atoms with Gasteiger partial charge in [0, 0.05) is 6.54 Å². The van der Waals surface area contributed by atoms with E-state index in [1.807, 2.05) is 30.3 Å². The van der Waals surface area contributed by atoms with Gasteiger partial charge in [0.05, 0.1) is 0 Å². The van der Waals surface area contributed by atoms with Crippen molar-refractivity contribution < 1.29 is 9.59 Å². The van der Waals surface area contributed by atoms with Gasteiger partial charge in [-0.1, -0.05) is 56.2 Å². The van der Waals surface area contributed by atoms with Crippen molar-refractivity contribution in [3.8, 4) is 0 Å². The molecule has 106 valence electrons. The van der Waals surface area contributed by atoms with E-state index >= 15 is 0 Å². The fraction of sp³-hybridized carbons (Fsp3) is 0.375. The molecule has 0 aliphatic carbocycles. The maximum Gasteiger partial charge on any atom is 0.325 e. The molecule has 1 atom stereocenters. The van der Waals surface area contributed by atoms with Gasteiger partial charge in [0.15, 0.2) is 0 Å². The molecule has 1 heterocycles. The minimum Gasteiger partial charge on any atom is -0.319 e. The predicted molar refractivity (Wildman–Crippen MR) is 78.1 cm³/mol. The second-order valence-corrected chi connectivity index (χ2v) is 5.01. The summed E-state index contributed by atoms with van der Waals surface area (Å²) in [6.07, 6.45) is 4.03. The molecule has 1 aromatic rings. The Labute approximate surface area is 119 Å². The molecule has 0 spiro atoms. The Balaban J connectivity index is 2.41. The van der Waals surface area contributed by atoms with E-state index in [1.54, 1.807) is 6.08 Å². The van der Waals surface area contributed by atoms with Crippen molar-refractivity contribution in [2.75, 3.05) is 6.54 Å². The van der Waals surface area contributed by atoms with E-state index in [2.05, 4.69) is 18.8 Å². The number of carbonyl (C=O) groups excluding carboxylic acids is 2. The molecule has 4 nitrogen and oxygen atoms in total. The summed E-state index contributed by atoms with van der Waals surface area (Å²) < 4.78 is 0. The predicted octanol–water partition coefficient (Wildman–Crippen LogP) is 2.81. The summed E-state index contributed by atoms with van der Waals surface area (Å²) in [5, 5.41) is 2.89. The van der Waals surface area contributed by atoms with E-state index in [0.717, 1.165) is 18.4 Å². The molecule has 1 aromatic carbocycles. The van der Waals surface area contributed by atoms with Crippen molar-refractivity contribution in [1.82, 2.24) is 10.2 Å². The molecule has 1 aliphatic rings. The fourth-order valence-electron chi connectivity index (χ4n) is 2.60. The number of imide groups is 1. The molecule has 1 unspecified atom stereocenters. The lowest BCUT2D eigenvalue weighted by Crippen LogP contribution is -2.44. The number of nitrogens with one attached hydrogen (secondary N) is 1. The molecule has 4 heteroatoms. The lowest BCUT2D eigenvalue weighted by molar-refractivity contribution is -0.131. The van der Waals surface area contributed by atoms with Crippen LogP contribution in [0, 0.1) is 0 Å². The summed E-state index contributed by atoms with van der Waals surface area (Å²) in [6.45, 7) is 5.91. The lowest BCUT2D eigenvalue weighted by atomic mass is 9.85. The van der Waals surface area contributed by atoms with E-state index < -0.39 is 5.54 Å². The molecule has 3 amide bonds. The number of hydrogen-bond acceptors (Lipinski definition) is 2. The van der Waals surface area contributed by atoms with Crippen LogP contribution in [-0.4, -0.2) is 23.4 Å². The second kappa shape index (κ2) is 5.90. The van der Waals surface area contributed by atoms with E-state index in [9.17, 15) is 9.59 Å². The number of benzene rings is 1. The Morgan fingerprint density at radius 1 is 1.30 bits per heavy atom. The van der Waals surface area contributed by atoms with Gasteiger partial charge in [-0.05, 0) is 12.0 Å². The van der Waals surface area contributed by atoms with Gasteiger partial charge < -0.3 is 5.32 Å². The molecule has 1 N–H and O–H groups in total. The minimum atomic E-state index is -0.919. The number of rotatable bonds is 6. The van der Waals surface area contributed by atoms with Crippen molar-refractivity contribution in [3.05, 3.63) is 48.6 Å². The van der Waals surface area contributed by atoms with Crippen molar-refractivity contribution in [1.29, 1.82) is 0 Å². The number of urea groups is 1. The monoisotopic (exact) mass is 272 g/mol. The first-order chi connectivity index (χ1) is 9.65. The van der Waals surface area contributed by atoms with Crippen LogP contribution < -0.4 is 5.32 Å². The normalized spacial score (nSPS) is 21.9. The molecular weight excluding hydrogens is 252 g/mol. The Morgan fingerprint density at radius 2 is 2.00 bits per heavy atom. The zero-order valence-electron chi connectivity index (χ0n) is 11.8. The summed E-state index contributed by atoms with van der Waals surface area (Å²) in [6, 6.07) is 9.13. The van der Waals surface area contributed by atoms with Gasteiger partial charge in [0.2, 0.25) is 0 Å². The van der Waals surface area contributed by atoms with Crippen LogP contribution in [-0.2, 0) is 10.3 Å². The first-order valence-electron chi connectivity index (χ1n) is 6.96. The zero-order chi connectivity index (χ0) is 14.6.